The normalized spacial score (nSPS) is 14.9. The fourth-order valence-electron chi connectivity index (χ4n) is 4.72. The number of nitrogens with zero attached hydrogens (tertiary/aromatic N) is 7. The molecule has 0 fully saturated rings. The van der Waals surface area contributed by atoms with Crippen LogP contribution in [0.5, 0.6) is 0 Å². The summed E-state index contributed by atoms with van der Waals surface area (Å²) in [4.78, 5) is 47.8. The van der Waals surface area contributed by atoms with Crippen LogP contribution in [-0.2, 0) is 25.9 Å². The number of carbonyl (C=O) groups excluding carboxylic acids is 2. The number of rotatable bonds is 2. The number of hydrogen-bond acceptors (Lipinski definition) is 8. The van der Waals surface area contributed by atoms with Crippen LogP contribution in [0.1, 0.15) is 27.3 Å². The van der Waals surface area contributed by atoms with Crippen LogP contribution in [0.4, 0.5) is 22.8 Å². The Morgan fingerprint density at radius 2 is 1.39 bits per heavy atom. The zero-order valence-corrected chi connectivity index (χ0v) is 25.2. The van der Waals surface area contributed by atoms with Gasteiger partial charge in [0.1, 0.15) is 32.6 Å². The van der Waals surface area contributed by atoms with Gasteiger partial charge in [0.15, 0.2) is 0 Å². The van der Waals surface area contributed by atoms with Crippen molar-refractivity contribution < 1.29 is 22.8 Å². The van der Waals surface area contributed by atoms with Gasteiger partial charge in [-0.2, -0.15) is 13.2 Å². The van der Waals surface area contributed by atoms with Crippen LogP contribution < -0.4 is 0 Å². The molecule has 0 saturated heterocycles. The molecule has 4 aromatic heterocycles. The van der Waals surface area contributed by atoms with Crippen molar-refractivity contribution in [1.29, 1.82) is 0 Å². The molecule has 218 valence electrons. The van der Waals surface area contributed by atoms with E-state index in [1.54, 1.807) is 21.1 Å². The summed E-state index contributed by atoms with van der Waals surface area (Å²) in [5, 5.41) is 2.20. The van der Waals surface area contributed by atoms with Gasteiger partial charge >= 0.3 is 17.6 Å². The van der Waals surface area contributed by atoms with Gasteiger partial charge in [0.05, 0.1) is 30.3 Å². The molecule has 17 heteroatoms. The number of carbonyl (C=O) groups is 2. The molecule has 0 radical (unpaired) electrons. The van der Waals surface area contributed by atoms with Crippen LogP contribution >= 0.6 is 57.5 Å². The number of aromatic nitrogens is 4. The highest BCUT2D eigenvalue weighted by atomic mass is 35.5. The highest BCUT2D eigenvalue weighted by molar-refractivity contribution is 7.19. The molecule has 6 rings (SSSR count). The lowest BCUT2D eigenvalue weighted by Crippen LogP contribution is -2.44. The smallest absolute Gasteiger partial charge is 0.327 e. The maximum atomic E-state index is 12.3. The van der Waals surface area contributed by atoms with Gasteiger partial charge < -0.3 is 14.7 Å². The lowest BCUT2D eigenvalue weighted by atomic mass is 10.1. The molecule has 6 heterocycles. The number of fused-ring (bicyclic) bond motifs is 6. The van der Waals surface area contributed by atoms with Gasteiger partial charge in [-0.1, -0.05) is 23.2 Å². The van der Waals surface area contributed by atoms with Gasteiger partial charge in [0.2, 0.25) is 0 Å². The summed E-state index contributed by atoms with van der Waals surface area (Å²) in [6.45, 7) is 1.58. The largest absolute Gasteiger partial charge is 0.390 e. The van der Waals surface area contributed by atoms with E-state index in [1.165, 1.54) is 31.0 Å². The molecule has 41 heavy (non-hydrogen) atoms. The lowest BCUT2D eigenvalue weighted by molar-refractivity contribution is -0.136. The van der Waals surface area contributed by atoms with Crippen molar-refractivity contribution in [2.24, 2.45) is 0 Å². The first-order valence-electron chi connectivity index (χ1n) is 12.3. The van der Waals surface area contributed by atoms with E-state index in [0.29, 0.717) is 42.9 Å². The van der Waals surface area contributed by atoms with Crippen LogP contribution in [-0.4, -0.2) is 78.9 Å². The molecule has 9 nitrogen and oxygen atoms in total. The van der Waals surface area contributed by atoms with Crippen molar-refractivity contribution >= 4 is 89.3 Å². The van der Waals surface area contributed by atoms with E-state index >= 15 is 0 Å². The highest BCUT2D eigenvalue weighted by Gasteiger charge is 2.31. The molecule has 0 N–H and O–H groups in total. The van der Waals surface area contributed by atoms with E-state index in [9.17, 15) is 22.8 Å². The van der Waals surface area contributed by atoms with Gasteiger partial charge in [-0.05, 0) is 35.6 Å². The topological polar surface area (TPSA) is 95.4 Å². The SMILES string of the molecule is CN(CCC(F)(F)F)C(=O)N1CCc2c(sc3ncnc(Cl)c23)C1.O=C(Cl)N1CCc2c(sc3ncnc(Cl)c23)C1. The Hall–Kier alpha value is -2.52. The van der Waals surface area contributed by atoms with Crippen molar-refractivity contribution in [2.45, 2.75) is 38.5 Å². The molecule has 0 spiro atoms. The first-order valence-corrected chi connectivity index (χ1v) is 15.0. The summed E-state index contributed by atoms with van der Waals surface area (Å²) in [7, 11) is 1.39. The standard InChI is InChI=1S/C14H14ClF3N4OS.C10H7Cl2N3OS/c1-21(5-3-14(16,17)18)13(23)22-4-2-8-9(6-22)24-12-10(8)11(15)19-7-20-12;11-8-7-5-1-2-15(10(12)16)3-6(5)17-9(7)14-4-13-8/h7H,2-6H2,1H3;4H,1-3H2. The third-order valence-electron chi connectivity index (χ3n) is 6.76. The van der Waals surface area contributed by atoms with E-state index in [0.717, 1.165) is 52.6 Å². The van der Waals surface area contributed by atoms with Crippen LogP contribution in [0.2, 0.25) is 10.3 Å². The molecular formula is C24H21Cl3F3N7O2S2. The minimum atomic E-state index is -4.27. The van der Waals surface area contributed by atoms with Gasteiger partial charge in [-0.15, -0.1) is 22.7 Å². The molecule has 0 saturated carbocycles. The fourth-order valence-corrected chi connectivity index (χ4v) is 7.88. The molecule has 0 aromatic carbocycles. The van der Waals surface area contributed by atoms with E-state index in [1.807, 2.05) is 0 Å². The first-order chi connectivity index (χ1) is 19.4. The summed E-state index contributed by atoms with van der Waals surface area (Å²) in [6.07, 6.45) is -1.10. The predicted molar refractivity (Wildman–Crippen MR) is 153 cm³/mol. The molecule has 0 bridgehead atoms. The minimum absolute atomic E-state index is 0.349. The molecule has 0 aliphatic carbocycles. The van der Waals surface area contributed by atoms with Crippen LogP contribution in [0, 0.1) is 0 Å². The quantitative estimate of drug-likeness (QED) is 0.133. The zero-order valence-electron chi connectivity index (χ0n) is 21.3. The Labute approximate surface area is 254 Å². The second-order valence-corrected chi connectivity index (χ2v) is 12.6. The van der Waals surface area contributed by atoms with Crippen molar-refractivity contribution in [3.63, 3.8) is 0 Å². The minimum Gasteiger partial charge on any atom is -0.327 e. The Kier molecular flexibility index (Phi) is 8.76. The first kappa shape index (κ1) is 30.0. The third kappa shape index (κ3) is 6.46. The van der Waals surface area contributed by atoms with Crippen molar-refractivity contribution in [3.8, 4) is 0 Å². The lowest BCUT2D eigenvalue weighted by Gasteiger charge is -2.31. The van der Waals surface area contributed by atoms with Crippen LogP contribution in [0.3, 0.4) is 0 Å². The van der Waals surface area contributed by atoms with E-state index in [2.05, 4.69) is 19.9 Å². The van der Waals surface area contributed by atoms with Gasteiger partial charge in [0.25, 0.3) is 0 Å². The van der Waals surface area contributed by atoms with Gasteiger partial charge in [-0.25, -0.2) is 24.7 Å². The summed E-state index contributed by atoms with van der Waals surface area (Å²) >= 11 is 20.7. The number of alkyl halides is 3. The molecule has 0 atom stereocenters. The van der Waals surface area contributed by atoms with Crippen molar-refractivity contribution in [2.75, 3.05) is 26.7 Å². The average molecular weight is 667 g/mol. The Morgan fingerprint density at radius 3 is 1.88 bits per heavy atom. The Bertz CT molecular complexity index is 1630. The van der Waals surface area contributed by atoms with Crippen LogP contribution in [0.15, 0.2) is 12.7 Å². The monoisotopic (exact) mass is 665 g/mol. The maximum Gasteiger partial charge on any atom is 0.390 e. The Morgan fingerprint density at radius 1 is 0.902 bits per heavy atom. The number of halogens is 6. The molecule has 0 unspecified atom stereocenters. The molecule has 2 aliphatic rings. The second kappa shape index (κ2) is 12.0. The van der Waals surface area contributed by atoms with E-state index in [4.69, 9.17) is 34.8 Å². The molecule has 2 aliphatic heterocycles. The number of thiophene rings is 2. The second-order valence-electron chi connectivity index (χ2n) is 9.36. The summed E-state index contributed by atoms with van der Waals surface area (Å²) in [5.74, 6) is 0. The summed E-state index contributed by atoms with van der Waals surface area (Å²) in [6, 6.07) is -0.403. The summed E-state index contributed by atoms with van der Waals surface area (Å²) in [5.41, 5.74) is 2.19. The maximum absolute atomic E-state index is 12.3. The fraction of sp³-hybridized carbons (Fsp3) is 0.417. The van der Waals surface area contributed by atoms with Crippen LogP contribution in [0.25, 0.3) is 20.4 Å². The number of urea groups is 1. The van der Waals surface area contributed by atoms with E-state index < -0.39 is 24.0 Å². The summed E-state index contributed by atoms with van der Waals surface area (Å²) < 4.78 is 36.9. The highest BCUT2D eigenvalue weighted by Crippen LogP contribution is 2.38. The zero-order chi connectivity index (χ0) is 29.5. The van der Waals surface area contributed by atoms with Crippen molar-refractivity contribution in [3.05, 3.63) is 43.8 Å². The van der Waals surface area contributed by atoms with Crippen molar-refractivity contribution in [1.82, 2.24) is 34.6 Å². The molecule has 3 amide bonds. The van der Waals surface area contributed by atoms with E-state index in [-0.39, 0.29) is 6.54 Å². The number of hydrogen-bond donors (Lipinski definition) is 0. The average Bonchev–Trinajstić information content (AvgIpc) is 3.49. The Balaban J connectivity index is 0.000000174. The number of amides is 3. The van der Waals surface area contributed by atoms with Gasteiger partial charge in [0, 0.05) is 36.4 Å². The predicted octanol–water partition coefficient (Wildman–Crippen LogP) is 6.77. The third-order valence-corrected chi connectivity index (χ3v) is 9.82. The molecule has 4 aromatic rings. The molecular weight excluding hydrogens is 646 g/mol. The van der Waals surface area contributed by atoms with Gasteiger partial charge in [-0.3, -0.25) is 4.79 Å².